The molecule has 1 aliphatic heterocycles. The Balaban J connectivity index is 1.65. The van der Waals surface area contributed by atoms with E-state index < -0.39 is 17.7 Å². The normalized spacial score (nSPS) is 19.4. The second-order valence-electron chi connectivity index (χ2n) is 8.61. The zero-order chi connectivity index (χ0) is 23.8. The van der Waals surface area contributed by atoms with Crippen molar-refractivity contribution in [2.75, 3.05) is 0 Å². The molecular formula is C27H22Cl2N2O3. The van der Waals surface area contributed by atoms with Gasteiger partial charge in [-0.25, -0.2) is 0 Å². The number of hydrogen-bond donors (Lipinski definition) is 1. The summed E-state index contributed by atoms with van der Waals surface area (Å²) in [4.78, 5) is 32.2. The number of Topliss-reactive ketones (excluding diaryl/α,β-unsaturated/α-hetero) is 1. The number of aliphatic hydroxyl groups excluding tert-OH is 1. The SMILES string of the molecule is O=C1C(=O)N(Cc2ccccn2)C(c2ccc(Cl)c(Cl)c2)/C1=C(/O)c1ccc2c(c1)CCCC2. The highest BCUT2D eigenvalue weighted by molar-refractivity contribution is 6.46. The monoisotopic (exact) mass is 492 g/mol. The molecule has 1 N–H and O–H groups in total. The highest BCUT2D eigenvalue weighted by Crippen LogP contribution is 2.42. The average molecular weight is 493 g/mol. The van der Waals surface area contributed by atoms with Crippen LogP contribution in [0.15, 0.2) is 66.4 Å². The van der Waals surface area contributed by atoms with Gasteiger partial charge in [-0.1, -0.05) is 47.5 Å². The summed E-state index contributed by atoms with van der Waals surface area (Å²) in [5.41, 5.74) is 4.22. The smallest absolute Gasteiger partial charge is 0.296 e. The number of pyridine rings is 1. The van der Waals surface area contributed by atoms with Crippen LogP contribution in [0.2, 0.25) is 10.0 Å². The second-order valence-corrected chi connectivity index (χ2v) is 9.43. The maximum absolute atomic E-state index is 13.3. The van der Waals surface area contributed by atoms with Crippen LogP contribution >= 0.6 is 23.2 Å². The maximum Gasteiger partial charge on any atom is 0.296 e. The van der Waals surface area contributed by atoms with Crippen LogP contribution in [0.25, 0.3) is 5.76 Å². The number of carbonyl (C=O) groups is 2. The topological polar surface area (TPSA) is 70.5 Å². The first-order valence-corrected chi connectivity index (χ1v) is 11.9. The summed E-state index contributed by atoms with van der Waals surface area (Å²) in [6.07, 6.45) is 5.81. The van der Waals surface area contributed by atoms with Gasteiger partial charge in [0.25, 0.3) is 11.7 Å². The lowest BCUT2D eigenvalue weighted by Crippen LogP contribution is -2.29. The molecule has 172 valence electrons. The van der Waals surface area contributed by atoms with E-state index in [0.29, 0.717) is 26.9 Å². The number of carbonyl (C=O) groups excluding carboxylic acids is 2. The predicted octanol–water partition coefficient (Wildman–Crippen LogP) is 5.89. The standard InChI is InChI=1S/C27H22Cl2N2O3/c28-21-11-10-18(14-22(21)29)24-23(25(32)19-9-8-16-5-1-2-6-17(16)13-19)26(33)27(34)31(24)15-20-7-3-4-12-30-20/h3-4,7-14,24,32H,1-2,5-6,15H2/b25-23-. The number of aromatic nitrogens is 1. The lowest BCUT2D eigenvalue weighted by Gasteiger charge is -2.25. The summed E-state index contributed by atoms with van der Waals surface area (Å²) < 4.78 is 0. The Morgan fingerprint density at radius 2 is 1.76 bits per heavy atom. The summed E-state index contributed by atoms with van der Waals surface area (Å²) in [6.45, 7) is 0.108. The van der Waals surface area contributed by atoms with Crippen molar-refractivity contribution in [3.05, 3.63) is 104 Å². The Morgan fingerprint density at radius 1 is 0.971 bits per heavy atom. The fourth-order valence-corrected chi connectivity index (χ4v) is 5.08. The number of likely N-dealkylation sites (tertiary alicyclic amines) is 1. The number of aryl methyl sites for hydroxylation is 2. The molecule has 1 aromatic heterocycles. The van der Waals surface area contributed by atoms with E-state index in [1.165, 1.54) is 16.0 Å². The third-order valence-electron chi connectivity index (χ3n) is 6.48. The van der Waals surface area contributed by atoms with E-state index in [-0.39, 0.29) is 17.9 Å². The van der Waals surface area contributed by atoms with Crippen molar-refractivity contribution in [1.29, 1.82) is 0 Å². The van der Waals surface area contributed by atoms with Crippen LogP contribution in [-0.4, -0.2) is 26.7 Å². The van der Waals surface area contributed by atoms with Crippen LogP contribution in [-0.2, 0) is 29.0 Å². The van der Waals surface area contributed by atoms with Gasteiger partial charge in [0.2, 0.25) is 0 Å². The fourth-order valence-electron chi connectivity index (χ4n) is 4.77. The summed E-state index contributed by atoms with van der Waals surface area (Å²) in [6, 6.07) is 15.3. The molecule has 2 heterocycles. The molecule has 0 radical (unpaired) electrons. The number of amides is 1. The van der Waals surface area contributed by atoms with Gasteiger partial charge in [0.15, 0.2) is 0 Å². The quantitative estimate of drug-likeness (QED) is 0.280. The second kappa shape index (κ2) is 9.24. The van der Waals surface area contributed by atoms with Crippen molar-refractivity contribution >= 4 is 40.7 Å². The Bertz CT molecular complexity index is 1320. The molecule has 0 spiro atoms. The molecule has 1 saturated heterocycles. The zero-order valence-electron chi connectivity index (χ0n) is 18.3. The molecule has 2 aromatic carbocycles. The Kier molecular flexibility index (Phi) is 6.15. The average Bonchev–Trinajstić information content (AvgIpc) is 3.10. The van der Waals surface area contributed by atoms with Crippen molar-refractivity contribution in [2.45, 2.75) is 38.3 Å². The summed E-state index contributed by atoms with van der Waals surface area (Å²) >= 11 is 12.4. The molecule has 0 bridgehead atoms. The summed E-state index contributed by atoms with van der Waals surface area (Å²) in [7, 11) is 0. The van der Waals surface area contributed by atoms with E-state index in [2.05, 4.69) is 4.98 Å². The van der Waals surface area contributed by atoms with Crippen molar-refractivity contribution in [3.63, 3.8) is 0 Å². The van der Waals surface area contributed by atoms with Gasteiger partial charge in [-0.05, 0) is 72.7 Å². The minimum absolute atomic E-state index is 0.0371. The number of hydrogen-bond acceptors (Lipinski definition) is 4. The number of halogens is 2. The lowest BCUT2D eigenvalue weighted by molar-refractivity contribution is -0.140. The molecule has 1 aliphatic carbocycles. The summed E-state index contributed by atoms with van der Waals surface area (Å²) in [5, 5.41) is 12.0. The summed E-state index contributed by atoms with van der Waals surface area (Å²) in [5.74, 6) is -1.62. The molecule has 34 heavy (non-hydrogen) atoms. The van der Waals surface area contributed by atoms with Gasteiger partial charge in [-0.3, -0.25) is 14.6 Å². The fraction of sp³-hybridized carbons (Fsp3) is 0.222. The van der Waals surface area contributed by atoms with Gasteiger partial charge in [-0.15, -0.1) is 0 Å². The number of rotatable bonds is 4. The third kappa shape index (κ3) is 4.10. The largest absolute Gasteiger partial charge is 0.507 e. The molecule has 3 aromatic rings. The number of aliphatic hydroxyl groups is 1. The van der Waals surface area contributed by atoms with Crippen LogP contribution in [0, 0.1) is 0 Å². The molecule has 1 amide bonds. The van der Waals surface area contributed by atoms with Gasteiger partial charge in [-0.2, -0.15) is 0 Å². The van der Waals surface area contributed by atoms with Gasteiger partial charge >= 0.3 is 0 Å². The Labute approximate surface area is 207 Å². The molecule has 5 rings (SSSR count). The first kappa shape index (κ1) is 22.6. The van der Waals surface area contributed by atoms with Gasteiger partial charge < -0.3 is 10.0 Å². The van der Waals surface area contributed by atoms with Crippen molar-refractivity contribution < 1.29 is 14.7 Å². The highest BCUT2D eigenvalue weighted by Gasteiger charge is 2.46. The molecule has 1 fully saturated rings. The van der Waals surface area contributed by atoms with E-state index in [9.17, 15) is 14.7 Å². The van der Waals surface area contributed by atoms with Crippen LogP contribution < -0.4 is 0 Å². The van der Waals surface area contributed by atoms with Gasteiger partial charge in [0, 0.05) is 11.8 Å². The highest BCUT2D eigenvalue weighted by atomic mass is 35.5. The minimum atomic E-state index is -0.826. The van der Waals surface area contributed by atoms with E-state index >= 15 is 0 Å². The van der Waals surface area contributed by atoms with E-state index in [1.54, 1.807) is 36.5 Å². The molecule has 1 unspecified atom stereocenters. The Hall–Kier alpha value is -3.15. The van der Waals surface area contributed by atoms with Gasteiger partial charge in [0.05, 0.1) is 33.9 Å². The number of ketones is 1. The van der Waals surface area contributed by atoms with Crippen molar-refractivity contribution in [2.24, 2.45) is 0 Å². The first-order valence-electron chi connectivity index (χ1n) is 11.2. The van der Waals surface area contributed by atoms with Crippen molar-refractivity contribution in [3.8, 4) is 0 Å². The molecular weight excluding hydrogens is 471 g/mol. The van der Waals surface area contributed by atoms with E-state index in [4.69, 9.17) is 23.2 Å². The predicted molar refractivity (Wildman–Crippen MR) is 132 cm³/mol. The van der Waals surface area contributed by atoms with E-state index in [0.717, 1.165) is 25.7 Å². The number of nitrogens with zero attached hydrogens (tertiary/aromatic N) is 2. The molecule has 1 atom stereocenters. The van der Waals surface area contributed by atoms with Crippen molar-refractivity contribution in [1.82, 2.24) is 9.88 Å². The molecule has 2 aliphatic rings. The molecule has 5 nitrogen and oxygen atoms in total. The number of benzene rings is 2. The van der Waals surface area contributed by atoms with Crippen LogP contribution in [0.3, 0.4) is 0 Å². The molecule has 7 heteroatoms. The third-order valence-corrected chi connectivity index (χ3v) is 7.22. The molecule has 0 saturated carbocycles. The van der Waals surface area contributed by atoms with E-state index in [1.807, 2.05) is 24.3 Å². The number of fused-ring (bicyclic) bond motifs is 1. The zero-order valence-corrected chi connectivity index (χ0v) is 19.8. The van der Waals surface area contributed by atoms with Crippen LogP contribution in [0.4, 0.5) is 0 Å². The maximum atomic E-state index is 13.3. The lowest BCUT2D eigenvalue weighted by atomic mass is 9.88. The first-order chi connectivity index (χ1) is 16.4. The van der Waals surface area contributed by atoms with Crippen LogP contribution in [0.1, 0.15) is 46.8 Å². The minimum Gasteiger partial charge on any atom is -0.507 e. The van der Waals surface area contributed by atoms with Crippen LogP contribution in [0.5, 0.6) is 0 Å². The Morgan fingerprint density at radius 3 is 2.50 bits per heavy atom. The van der Waals surface area contributed by atoms with Gasteiger partial charge in [0.1, 0.15) is 5.76 Å².